The fraction of sp³-hybridized carbons (Fsp3) is 0.417. The molecule has 0 aromatic heterocycles. The van der Waals surface area contributed by atoms with E-state index in [0.29, 0.717) is 11.1 Å². The number of hydrogen-bond acceptors (Lipinski definition) is 4. The average Bonchev–Trinajstić information content (AvgIpc) is 2.74. The number of Topliss-reactive ketones (excluding diaryl/α,β-unsaturated/α-hetero) is 1. The van der Waals surface area contributed by atoms with Gasteiger partial charge in [0.15, 0.2) is 5.78 Å². The Kier molecular flexibility index (Phi) is 7.98. The third-order valence-corrected chi connectivity index (χ3v) is 7.11. The zero-order chi connectivity index (χ0) is 22.3. The van der Waals surface area contributed by atoms with Gasteiger partial charge in [-0.2, -0.15) is 0 Å². The lowest BCUT2D eigenvalue weighted by atomic mass is 9.96. The van der Waals surface area contributed by atoms with Gasteiger partial charge in [-0.1, -0.05) is 56.4 Å². The second-order valence-electron chi connectivity index (χ2n) is 8.12. The highest BCUT2D eigenvalue weighted by atomic mass is 32.2. The Balaban J connectivity index is 1.55. The number of sulfonamides is 1. The highest BCUT2D eigenvalue weighted by Gasteiger charge is 2.16. The summed E-state index contributed by atoms with van der Waals surface area (Å²) in [6, 6.07) is 13.0. The molecule has 1 aliphatic carbocycles. The first kappa shape index (κ1) is 23.2. The van der Waals surface area contributed by atoms with Crippen LogP contribution in [0.4, 0.5) is 0 Å². The monoisotopic (exact) mass is 442 g/mol. The molecule has 0 bridgehead atoms. The van der Waals surface area contributed by atoms with E-state index in [0.717, 1.165) is 31.2 Å². The van der Waals surface area contributed by atoms with Gasteiger partial charge < -0.3 is 5.32 Å². The van der Waals surface area contributed by atoms with Crippen molar-refractivity contribution in [3.05, 3.63) is 65.2 Å². The van der Waals surface area contributed by atoms with Crippen LogP contribution < -0.4 is 10.0 Å². The van der Waals surface area contributed by atoms with Crippen molar-refractivity contribution in [1.82, 2.24) is 10.0 Å². The lowest BCUT2D eigenvalue weighted by molar-refractivity contribution is 0.0929. The van der Waals surface area contributed by atoms with E-state index < -0.39 is 10.0 Å². The molecule has 0 spiro atoms. The van der Waals surface area contributed by atoms with Crippen molar-refractivity contribution in [3.8, 4) is 0 Å². The van der Waals surface area contributed by atoms with Crippen LogP contribution in [0.1, 0.15) is 78.1 Å². The zero-order valence-electron chi connectivity index (χ0n) is 17.9. The highest BCUT2D eigenvalue weighted by Crippen LogP contribution is 2.18. The van der Waals surface area contributed by atoms with Crippen LogP contribution in [-0.4, -0.2) is 26.2 Å². The van der Waals surface area contributed by atoms with Crippen molar-refractivity contribution in [3.63, 3.8) is 0 Å². The normalized spacial score (nSPS) is 15.6. The topological polar surface area (TPSA) is 92.3 Å². The maximum atomic E-state index is 12.6. The van der Waals surface area contributed by atoms with Gasteiger partial charge in [0.1, 0.15) is 0 Å². The van der Waals surface area contributed by atoms with Gasteiger partial charge in [-0.15, -0.1) is 0 Å². The minimum Gasteiger partial charge on any atom is -0.349 e. The predicted octanol–water partition coefficient (Wildman–Crippen LogP) is 4.21. The van der Waals surface area contributed by atoms with Gasteiger partial charge in [0.25, 0.3) is 5.91 Å². The first-order valence-corrected chi connectivity index (χ1v) is 12.3. The SMILES string of the molecule is CC(=O)c1ccc(S(=O)(=O)NCc2ccc(C(=O)NC3CCCCCCC3)cc2)cc1. The number of amides is 1. The average molecular weight is 443 g/mol. The van der Waals surface area contributed by atoms with Gasteiger partial charge >= 0.3 is 0 Å². The number of carbonyl (C=O) groups is 2. The third-order valence-electron chi connectivity index (χ3n) is 5.69. The molecule has 3 rings (SSSR count). The molecule has 166 valence electrons. The molecule has 0 heterocycles. The zero-order valence-corrected chi connectivity index (χ0v) is 18.7. The summed E-state index contributed by atoms with van der Waals surface area (Å²) in [6.45, 7) is 1.55. The maximum absolute atomic E-state index is 12.6. The Morgan fingerprint density at radius 3 is 1.97 bits per heavy atom. The van der Waals surface area contributed by atoms with Crippen molar-refractivity contribution in [2.45, 2.75) is 69.4 Å². The van der Waals surface area contributed by atoms with E-state index in [1.54, 1.807) is 24.3 Å². The highest BCUT2D eigenvalue weighted by molar-refractivity contribution is 7.89. The summed E-state index contributed by atoms with van der Waals surface area (Å²) in [5.41, 5.74) is 1.80. The van der Waals surface area contributed by atoms with Gasteiger partial charge in [0, 0.05) is 23.7 Å². The molecule has 1 saturated carbocycles. The van der Waals surface area contributed by atoms with Crippen LogP contribution in [0.15, 0.2) is 53.4 Å². The standard InChI is InChI=1S/C24H30N2O4S/c1-18(27)20-13-15-23(16-14-20)31(29,30)25-17-19-9-11-21(12-10-19)24(28)26-22-7-5-3-2-4-6-8-22/h9-16,22,25H,2-8,17H2,1H3,(H,26,28). The Morgan fingerprint density at radius 2 is 1.39 bits per heavy atom. The fourth-order valence-corrected chi connectivity index (χ4v) is 4.79. The van der Waals surface area contributed by atoms with Crippen molar-refractivity contribution >= 4 is 21.7 Å². The first-order chi connectivity index (χ1) is 14.8. The number of carbonyl (C=O) groups excluding carboxylic acids is 2. The summed E-state index contributed by atoms with van der Waals surface area (Å²) >= 11 is 0. The summed E-state index contributed by atoms with van der Waals surface area (Å²) in [5.74, 6) is -0.196. The summed E-state index contributed by atoms with van der Waals surface area (Å²) in [4.78, 5) is 24.0. The van der Waals surface area contributed by atoms with E-state index in [9.17, 15) is 18.0 Å². The van der Waals surface area contributed by atoms with E-state index in [1.165, 1.54) is 50.5 Å². The Bertz CT molecular complexity index is 991. The minimum atomic E-state index is -3.69. The van der Waals surface area contributed by atoms with Crippen LogP contribution >= 0.6 is 0 Å². The van der Waals surface area contributed by atoms with Gasteiger partial charge in [-0.3, -0.25) is 9.59 Å². The molecule has 6 nitrogen and oxygen atoms in total. The summed E-state index contributed by atoms with van der Waals surface area (Å²) in [5, 5.41) is 3.14. The Morgan fingerprint density at radius 1 is 0.839 bits per heavy atom. The molecular weight excluding hydrogens is 412 g/mol. The molecule has 2 aromatic carbocycles. The Labute approximate surface area is 184 Å². The molecule has 0 aliphatic heterocycles. The number of nitrogens with one attached hydrogen (secondary N) is 2. The lowest BCUT2D eigenvalue weighted by Gasteiger charge is -2.21. The van der Waals surface area contributed by atoms with E-state index in [2.05, 4.69) is 10.0 Å². The van der Waals surface area contributed by atoms with Gasteiger partial charge in [0.2, 0.25) is 10.0 Å². The maximum Gasteiger partial charge on any atom is 0.251 e. The van der Waals surface area contributed by atoms with Crippen molar-refractivity contribution < 1.29 is 18.0 Å². The summed E-state index contributed by atoms with van der Waals surface area (Å²) < 4.78 is 27.5. The molecule has 0 radical (unpaired) electrons. The van der Waals surface area contributed by atoms with Crippen LogP contribution in [-0.2, 0) is 16.6 Å². The molecule has 1 fully saturated rings. The Hall–Kier alpha value is -2.51. The molecular formula is C24H30N2O4S. The number of rotatable bonds is 7. The van der Waals surface area contributed by atoms with E-state index in [4.69, 9.17) is 0 Å². The van der Waals surface area contributed by atoms with E-state index in [1.807, 2.05) is 0 Å². The molecule has 0 unspecified atom stereocenters. The summed E-state index contributed by atoms with van der Waals surface area (Å²) in [6.07, 6.45) is 8.12. The lowest BCUT2D eigenvalue weighted by Crippen LogP contribution is -2.35. The molecule has 2 aromatic rings. The smallest absolute Gasteiger partial charge is 0.251 e. The molecule has 7 heteroatoms. The fourth-order valence-electron chi connectivity index (χ4n) is 3.77. The van der Waals surface area contributed by atoms with Gasteiger partial charge in [-0.05, 0) is 49.6 Å². The van der Waals surface area contributed by atoms with Crippen LogP contribution in [0.25, 0.3) is 0 Å². The quantitative estimate of drug-likeness (QED) is 0.628. The van der Waals surface area contributed by atoms with Crippen molar-refractivity contribution in [2.24, 2.45) is 0 Å². The van der Waals surface area contributed by atoms with E-state index in [-0.39, 0.29) is 29.2 Å². The molecule has 0 atom stereocenters. The first-order valence-electron chi connectivity index (χ1n) is 10.9. The van der Waals surface area contributed by atoms with Crippen molar-refractivity contribution in [2.75, 3.05) is 0 Å². The van der Waals surface area contributed by atoms with Gasteiger partial charge in [-0.25, -0.2) is 13.1 Å². The third kappa shape index (κ3) is 6.74. The number of hydrogen-bond donors (Lipinski definition) is 2. The molecule has 0 saturated heterocycles. The predicted molar refractivity (Wildman–Crippen MR) is 120 cm³/mol. The van der Waals surface area contributed by atoms with Crippen LogP contribution in [0, 0.1) is 0 Å². The minimum absolute atomic E-state index is 0.0803. The molecule has 31 heavy (non-hydrogen) atoms. The summed E-state index contributed by atoms with van der Waals surface area (Å²) in [7, 11) is -3.69. The molecule has 1 aliphatic rings. The second kappa shape index (κ2) is 10.7. The van der Waals surface area contributed by atoms with E-state index >= 15 is 0 Å². The molecule has 2 N–H and O–H groups in total. The molecule has 1 amide bonds. The van der Waals surface area contributed by atoms with Gasteiger partial charge in [0.05, 0.1) is 4.90 Å². The van der Waals surface area contributed by atoms with Crippen LogP contribution in [0.5, 0.6) is 0 Å². The number of benzene rings is 2. The number of ketones is 1. The second-order valence-corrected chi connectivity index (χ2v) is 9.88. The van der Waals surface area contributed by atoms with Crippen LogP contribution in [0.3, 0.4) is 0 Å². The largest absolute Gasteiger partial charge is 0.349 e. The van der Waals surface area contributed by atoms with Crippen LogP contribution in [0.2, 0.25) is 0 Å². The van der Waals surface area contributed by atoms with Crippen molar-refractivity contribution in [1.29, 1.82) is 0 Å².